The normalized spacial score (nSPS) is 11.1. The van der Waals surface area contributed by atoms with Crippen LogP contribution < -0.4 is 5.32 Å². The van der Waals surface area contributed by atoms with E-state index in [2.05, 4.69) is 21.4 Å². The average Bonchev–Trinajstić information content (AvgIpc) is 3.26. The minimum atomic E-state index is -0.124. The first-order valence-corrected chi connectivity index (χ1v) is 9.46. The van der Waals surface area contributed by atoms with Crippen LogP contribution in [-0.2, 0) is 0 Å². The molecule has 4 aromatic rings. The topological polar surface area (TPSA) is 68.0 Å². The number of benzene rings is 1. The largest absolute Gasteiger partial charge is 0.461 e. The van der Waals surface area contributed by atoms with E-state index in [4.69, 9.17) is 4.42 Å². The molecule has 0 spiro atoms. The molecule has 1 N–H and O–H groups in total. The number of amides is 1. The molecule has 0 aliphatic rings. The summed E-state index contributed by atoms with van der Waals surface area (Å²) < 4.78 is 5.41. The molecule has 0 saturated carbocycles. The summed E-state index contributed by atoms with van der Waals surface area (Å²) in [6.07, 6.45) is 1.60. The molecule has 0 aliphatic heterocycles. The number of nitrogens with zero attached hydrogens (tertiary/aromatic N) is 2. The fourth-order valence-corrected chi connectivity index (χ4v) is 4.33. The number of aromatic nitrogens is 2. The third kappa shape index (κ3) is 3.13. The van der Waals surface area contributed by atoms with Gasteiger partial charge in [0.15, 0.2) is 11.6 Å². The van der Waals surface area contributed by atoms with Crippen LogP contribution in [0.15, 0.2) is 41.0 Å². The lowest BCUT2D eigenvalue weighted by Gasteiger charge is -2.08. The number of thiophene rings is 1. The lowest BCUT2D eigenvalue weighted by atomic mass is 10.1. The first-order chi connectivity index (χ1) is 12.9. The maximum atomic E-state index is 12.9. The second kappa shape index (κ2) is 6.63. The Bertz CT molecular complexity index is 1160. The molecule has 0 radical (unpaired) electrons. The van der Waals surface area contributed by atoms with Crippen molar-refractivity contribution in [3.05, 3.63) is 63.9 Å². The molecule has 136 valence electrons. The lowest BCUT2D eigenvalue weighted by molar-refractivity contribution is 0.103. The van der Waals surface area contributed by atoms with Crippen LogP contribution in [-0.4, -0.2) is 15.9 Å². The molecule has 4 rings (SSSR count). The van der Waals surface area contributed by atoms with Gasteiger partial charge in [-0.15, -0.1) is 11.3 Å². The molecule has 0 saturated heterocycles. The smallest absolute Gasteiger partial charge is 0.266 e. The minimum absolute atomic E-state index is 0.124. The van der Waals surface area contributed by atoms with Crippen LogP contribution in [0.5, 0.6) is 0 Å². The fourth-order valence-electron chi connectivity index (χ4n) is 3.20. The molecule has 0 bridgehead atoms. The number of carbonyl (C=O) groups is 1. The van der Waals surface area contributed by atoms with Crippen LogP contribution in [0.25, 0.3) is 21.8 Å². The Kier molecular flexibility index (Phi) is 4.28. The van der Waals surface area contributed by atoms with Gasteiger partial charge in [0.25, 0.3) is 5.91 Å². The van der Waals surface area contributed by atoms with Crippen molar-refractivity contribution in [3.8, 4) is 11.6 Å². The monoisotopic (exact) mass is 377 g/mol. The van der Waals surface area contributed by atoms with Gasteiger partial charge < -0.3 is 9.73 Å². The number of anilines is 1. The van der Waals surface area contributed by atoms with Crippen LogP contribution in [0.2, 0.25) is 0 Å². The highest BCUT2D eigenvalue weighted by molar-refractivity contribution is 7.20. The predicted octanol–water partition coefficient (Wildman–Crippen LogP) is 5.44. The van der Waals surface area contributed by atoms with Crippen molar-refractivity contribution in [1.29, 1.82) is 0 Å². The Morgan fingerprint density at radius 2 is 1.93 bits per heavy atom. The quantitative estimate of drug-likeness (QED) is 0.516. The average molecular weight is 377 g/mol. The molecular weight excluding hydrogens is 358 g/mol. The van der Waals surface area contributed by atoms with Gasteiger partial charge in [-0.05, 0) is 57.0 Å². The summed E-state index contributed by atoms with van der Waals surface area (Å²) >= 11 is 1.38. The van der Waals surface area contributed by atoms with Crippen LogP contribution in [0, 0.1) is 27.7 Å². The van der Waals surface area contributed by atoms with E-state index in [0.29, 0.717) is 16.5 Å². The highest BCUT2D eigenvalue weighted by Gasteiger charge is 2.20. The molecule has 0 fully saturated rings. The summed E-state index contributed by atoms with van der Waals surface area (Å²) in [5.74, 6) is 1.03. The minimum Gasteiger partial charge on any atom is -0.461 e. The van der Waals surface area contributed by atoms with Crippen molar-refractivity contribution >= 4 is 33.1 Å². The molecule has 6 heteroatoms. The third-order valence-electron chi connectivity index (χ3n) is 4.55. The van der Waals surface area contributed by atoms with Gasteiger partial charge in [0, 0.05) is 11.1 Å². The number of rotatable bonds is 3. The van der Waals surface area contributed by atoms with Gasteiger partial charge in [-0.2, -0.15) is 0 Å². The van der Waals surface area contributed by atoms with E-state index in [1.54, 1.807) is 12.3 Å². The summed E-state index contributed by atoms with van der Waals surface area (Å²) in [6.45, 7) is 7.90. The van der Waals surface area contributed by atoms with Gasteiger partial charge in [0.05, 0.1) is 16.8 Å². The zero-order valence-corrected chi connectivity index (χ0v) is 16.4. The van der Waals surface area contributed by atoms with Crippen molar-refractivity contribution in [3.63, 3.8) is 0 Å². The highest BCUT2D eigenvalue weighted by Crippen LogP contribution is 2.33. The molecule has 3 heterocycles. The lowest BCUT2D eigenvalue weighted by Crippen LogP contribution is -2.12. The summed E-state index contributed by atoms with van der Waals surface area (Å²) in [5.41, 5.74) is 4.77. The number of hydrogen-bond donors (Lipinski definition) is 1. The second-order valence-electron chi connectivity index (χ2n) is 6.62. The van der Waals surface area contributed by atoms with Crippen LogP contribution in [0.3, 0.4) is 0 Å². The van der Waals surface area contributed by atoms with E-state index in [-0.39, 0.29) is 5.91 Å². The van der Waals surface area contributed by atoms with Crippen molar-refractivity contribution in [2.45, 2.75) is 27.7 Å². The molecule has 27 heavy (non-hydrogen) atoms. The maximum Gasteiger partial charge on any atom is 0.266 e. The number of carbonyl (C=O) groups excluding carboxylic acids is 1. The maximum absolute atomic E-state index is 12.9. The van der Waals surface area contributed by atoms with Gasteiger partial charge in [-0.25, -0.2) is 9.97 Å². The summed E-state index contributed by atoms with van der Waals surface area (Å²) in [6, 6.07) is 9.62. The van der Waals surface area contributed by atoms with E-state index in [9.17, 15) is 4.79 Å². The molecule has 0 atom stereocenters. The van der Waals surface area contributed by atoms with E-state index >= 15 is 0 Å². The molecule has 1 aromatic carbocycles. The van der Waals surface area contributed by atoms with E-state index in [1.165, 1.54) is 16.9 Å². The summed E-state index contributed by atoms with van der Waals surface area (Å²) in [5, 5.41) is 3.95. The number of aryl methyl sites for hydroxylation is 4. The van der Waals surface area contributed by atoms with Crippen molar-refractivity contribution in [1.82, 2.24) is 9.97 Å². The number of fused-ring (bicyclic) bond motifs is 1. The Hall–Kier alpha value is -2.99. The second-order valence-corrected chi connectivity index (χ2v) is 7.62. The van der Waals surface area contributed by atoms with Crippen LogP contribution >= 0.6 is 11.3 Å². The summed E-state index contributed by atoms with van der Waals surface area (Å²) in [7, 11) is 0. The van der Waals surface area contributed by atoms with Gasteiger partial charge in [-0.3, -0.25) is 4.79 Å². The standard InChI is InChI=1S/C21H19N3O2S/c1-11-7-8-15(12(2)10-11)23-20(25)18-13(3)17-14(4)22-19(24-21(17)27-18)16-6-5-9-26-16/h5-10H,1-4H3,(H,23,25). The fraction of sp³-hybridized carbons (Fsp3) is 0.190. The SMILES string of the molecule is Cc1ccc(NC(=O)c2sc3nc(-c4ccco4)nc(C)c3c2C)c(C)c1. The Morgan fingerprint density at radius 3 is 2.63 bits per heavy atom. The van der Waals surface area contributed by atoms with E-state index < -0.39 is 0 Å². The van der Waals surface area contributed by atoms with Crippen LogP contribution in [0.1, 0.15) is 32.1 Å². The number of nitrogens with one attached hydrogen (secondary N) is 1. The van der Waals surface area contributed by atoms with Gasteiger partial charge in [0.1, 0.15) is 4.83 Å². The Morgan fingerprint density at radius 1 is 1.11 bits per heavy atom. The zero-order valence-electron chi connectivity index (χ0n) is 15.6. The third-order valence-corrected chi connectivity index (χ3v) is 5.73. The van der Waals surface area contributed by atoms with Crippen molar-refractivity contribution < 1.29 is 9.21 Å². The van der Waals surface area contributed by atoms with E-state index in [0.717, 1.165) is 32.7 Å². The molecule has 1 amide bonds. The molecular formula is C21H19N3O2S. The van der Waals surface area contributed by atoms with Gasteiger partial charge >= 0.3 is 0 Å². The van der Waals surface area contributed by atoms with Gasteiger partial charge in [0.2, 0.25) is 0 Å². The first-order valence-electron chi connectivity index (χ1n) is 8.64. The van der Waals surface area contributed by atoms with Crippen molar-refractivity contribution in [2.24, 2.45) is 0 Å². The first kappa shape index (κ1) is 17.4. The van der Waals surface area contributed by atoms with Crippen LogP contribution in [0.4, 0.5) is 5.69 Å². The Balaban J connectivity index is 1.74. The Labute approximate surface area is 161 Å². The van der Waals surface area contributed by atoms with Crippen molar-refractivity contribution in [2.75, 3.05) is 5.32 Å². The zero-order chi connectivity index (χ0) is 19.1. The molecule has 0 aliphatic carbocycles. The summed E-state index contributed by atoms with van der Waals surface area (Å²) in [4.78, 5) is 23.5. The molecule has 0 unspecified atom stereocenters. The van der Waals surface area contributed by atoms with E-state index in [1.807, 2.05) is 45.9 Å². The molecule has 5 nitrogen and oxygen atoms in total. The van der Waals surface area contributed by atoms with Gasteiger partial charge in [-0.1, -0.05) is 17.7 Å². The highest BCUT2D eigenvalue weighted by atomic mass is 32.1. The number of furan rings is 1. The molecule has 3 aromatic heterocycles. The predicted molar refractivity (Wildman–Crippen MR) is 108 cm³/mol. The number of hydrogen-bond acceptors (Lipinski definition) is 5.